The van der Waals surface area contributed by atoms with Gasteiger partial charge < -0.3 is 18.5 Å². The van der Waals surface area contributed by atoms with Crippen molar-refractivity contribution < 1.29 is 23.3 Å². The Hall–Kier alpha value is -1.46. The van der Waals surface area contributed by atoms with E-state index in [4.69, 9.17) is 18.5 Å². The fourth-order valence-corrected chi connectivity index (χ4v) is 6.85. The van der Waals surface area contributed by atoms with E-state index < -0.39 is 16.6 Å². The zero-order valence-electron chi connectivity index (χ0n) is 25.1. The van der Waals surface area contributed by atoms with Crippen molar-refractivity contribution in [3.8, 4) is 0 Å². The average Bonchev–Trinajstić information content (AvgIpc) is 3.07. The van der Waals surface area contributed by atoms with E-state index in [-0.39, 0.29) is 18.0 Å². The Kier molecular flexibility index (Phi) is 15.6. The van der Waals surface area contributed by atoms with Gasteiger partial charge in [-0.2, -0.15) is 0 Å². The van der Waals surface area contributed by atoms with Crippen LogP contribution in [0.5, 0.6) is 0 Å². The molecule has 1 aliphatic rings. The molecule has 0 aromatic heterocycles. The fourth-order valence-electron chi connectivity index (χ4n) is 4.89. The molecule has 0 aliphatic heterocycles. The van der Waals surface area contributed by atoms with Crippen molar-refractivity contribution in [1.29, 1.82) is 0 Å². The van der Waals surface area contributed by atoms with Gasteiger partial charge in [-0.05, 0) is 90.1 Å². The van der Waals surface area contributed by atoms with Gasteiger partial charge in [0, 0.05) is 18.8 Å². The van der Waals surface area contributed by atoms with E-state index in [2.05, 4.69) is 49.0 Å². The third-order valence-corrected chi connectivity index (χ3v) is 8.18. The topological polar surface area (TPSA) is 78.7 Å². The number of nitrogens with zero attached hydrogens (tertiary/aromatic N) is 2. The fraction of sp³-hybridized carbons (Fsp3) is 0.821. The molecule has 214 valence electrons. The molecule has 1 aliphatic carbocycles. The van der Waals surface area contributed by atoms with Crippen LogP contribution in [-0.4, -0.2) is 54.4 Å². The van der Waals surface area contributed by atoms with Gasteiger partial charge in [0.15, 0.2) is 8.32 Å². The van der Waals surface area contributed by atoms with Gasteiger partial charge in [-0.25, -0.2) is 0 Å². The Balaban J connectivity index is 2.88. The van der Waals surface area contributed by atoms with Crippen molar-refractivity contribution in [1.82, 2.24) is 0 Å². The van der Waals surface area contributed by atoms with Crippen molar-refractivity contribution in [2.75, 3.05) is 14.2 Å². The molecule has 0 heterocycles. The highest BCUT2D eigenvalue weighted by atomic mass is 28.4. The molecule has 1 fully saturated rings. The summed E-state index contributed by atoms with van der Waals surface area (Å²) in [5, 5.41) is 8.79. The summed E-state index contributed by atoms with van der Waals surface area (Å²) < 4.78 is 12.2. The number of unbranched alkanes of at least 4 members (excludes halogenated alkanes) is 3. The molecule has 0 radical (unpaired) electrons. The second-order valence-corrected chi connectivity index (χ2v) is 20.9. The lowest BCUT2D eigenvalue weighted by atomic mass is 9.86. The number of oxime groups is 2. The van der Waals surface area contributed by atoms with Crippen LogP contribution in [-0.2, 0) is 23.3 Å². The smallest absolute Gasteiger partial charge is 0.292 e. The van der Waals surface area contributed by atoms with E-state index in [0.717, 1.165) is 62.8 Å². The number of hydrogen-bond donors (Lipinski definition) is 0. The van der Waals surface area contributed by atoms with Gasteiger partial charge in [-0.1, -0.05) is 42.2 Å². The van der Waals surface area contributed by atoms with Crippen LogP contribution in [0.15, 0.2) is 22.5 Å². The lowest BCUT2D eigenvalue weighted by Crippen LogP contribution is -2.35. The zero-order valence-corrected chi connectivity index (χ0v) is 27.1. The lowest BCUT2D eigenvalue weighted by Gasteiger charge is -2.29. The number of carbonyl (C=O) groups is 1. The monoisotopic (exact) mass is 554 g/mol. The van der Waals surface area contributed by atoms with Crippen LogP contribution in [0.3, 0.4) is 0 Å². The van der Waals surface area contributed by atoms with E-state index in [0.29, 0.717) is 12.3 Å². The van der Waals surface area contributed by atoms with Crippen LogP contribution in [0.25, 0.3) is 0 Å². The van der Waals surface area contributed by atoms with Gasteiger partial charge in [0.25, 0.3) is 5.97 Å². The summed E-state index contributed by atoms with van der Waals surface area (Å²) in [6.45, 7) is 15.1. The van der Waals surface area contributed by atoms with E-state index in [1.807, 2.05) is 19.6 Å². The summed E-state index contributed by atoms with van der Waals surface area (Å²) in [7, 11) is -0.284. The molecule has 0 N–H and O–H groups in total. The molecule has 1 saturated carbocycles. The largest absolute Gasteiger partial charge is 0.520 e. The second kappa shape index (κ2) is 17.2. The van der Waals surface area contributed by atoms with Crippen LogP contribution in [0.1, 0.15) is 77.6 Å². The predicted octanol–water partition coefficient (Wildman–Crippen LogP) is 7.70. The molecule has 0 amide bonds. The Morgan fingerprint density at radius 2 is 1.68 bits per heavy atom. The van der Waals surface area contributed by atoms with Crippen LogP contribution in [0.2, 0.25) is 39.3 Å². The van der Waals surface area contributed by atoms with Crippen molar-refractivity contribution in [3.05, 3.63) is 12.2 Å². The standard InChI is InChI=1S/C28H54N2O5Si2/c1-10-11-14-17-23(29-32-2)20-21-25-24(26(30-33-3)22-27(25)34-36(4,5)6)18-15-12-13-16-19-28(31)35-37(7,8)9/h12,15,24-25,27H,10-11,13-14,16-22H2,1-9H3/b15-12-,29-23-,30-26+/t24-,25-,27-/m1/s1. The predicted molar refractivity (Wildman–Crippen MR) is 159 cm³/mol. The zero-order chi connectivity index (χ0) is 27.9. The molecule has 0 aromatic rings. The van der Waals surface area contributed by atoms with Gasteiger partial charge in [0.2, 0.25) is 8.32 Å². The van der Waals surface area contributed by atoms with Crippen molar-refractivity contribution >= 4 is 34.0 Å². The molecule has 3 atom stereocenters. The Bertz CT molecular complexity index is 757. The van der Waals surface area contributed by atoms with Crippen LogP contribution in [0.4, 0.5) is 0 Å². The van der Waals surface area contributed by atoms with Crippen LogP contribution >= 0.6 is 0 Å². The van der Waals surface area contributed by atoms with Crippen molar-refractivity contribution in [3.63, 3.8) is 0 Å². The summed E-state index contributed by atoms with van der Waals surface area (Å²) in [5.41, 5.74) is 2.23. The second-order valence-electron chi connectivity index (χ2n) is 12.0. The molecule has 1 rings (SSSR count). The third-order valence-electron chi connectivity index (χ3n) is 6.33. The molecule has 0 bridgehead atoms. The first-order valence-electron chi connectivity index (χ1n) is 14.1. The molecule has 37 heavy (non-hydrogen) atoms. The van der Waals surface area contributed by atoms with E-state index >= 15 is 0 Å². The summed E-state index contributed by atoms with van der Waals surface area (Å²) in [6, 6.07) is 0. The molecule has 0 aromatic carbocycles. The molecular weight excluding hydrogens is 500 g/mol. The lowest BCUT2D eigenvalue weighted by molar-refractivity contribution is -0.135. The van der Waals surface area contributed by atoms with Gasteiger partial charge in [0.05, 0.1) is 17.5 Å². The first-order valence-corrected chi connectivity index (χ1v) is 20.9. The minimum absolute atomic E-state index is 0.0725. The van der Waals surface area contributed by atoms with Crippen LogP contribution < -0.4 is 0 Å². The number of allylic oxidation sites excluding steroid dienone is 2. The molecular formula is C28H54N2O5Si2. The molecule has 7 nitrogen and oxygen atoms in total. The van der Waals surface area contributed by atoms with Gasteiger partial charge >= 0.3 is 0 Å². The van der Waals surface area contributed by atoms with E-state index in [1.165, 1.54) is 12.8 Å². The first kappa shape index (κ1) is 33.6. The van der Waals surface area contributed by atoms with E-state index in [9.17, 15) is 4.79 Å². The highest BCUT2D eigenvalue weighted by Crippen LogP contribution is 2.39. The maximum Gasteiger partial charge on any atom is 0.292 e. The van der Waals surface area contributed by atoms with Gasteiger partial charge in [-0.15, -0.1) is 0 Å². The summed E-state index contributed by atoms with van der Waals surface area (Å²) >= 11 is 0. The Labute approximate surface area is 228 Å². The number of carbonyl (C=O) groups excluding carboxylic acids is 1. The molecule has 0 saturated heterocycles. The summed E-state index contributed by atoms with van der Waals surface area (Å²) in [4.78, 5) is 22.4. The molecule has 0 spiro atoms. The maximum atomic E-state index is 12.0. The van der Waals surface area contributed by atoms with E-state index in [1.54, 1.807) is 14.2 Å². The minimum atomic E-state index is -1.81. The highest BCUT2D eigenvalue weighted by Gasteiger charge is 2.42. The SMILES string of the molecule is CCCCC/C(CC[C@H]1[C@H](O[Si](C)(C)C)C/C(=N\OC)[C@@H]1C/C=C\CCCC(=O)O[Si](C)(C)C)=N/OC. The summed E-state index contributed by atoms with van der Waals surface area (Å²) in [5.74, 6) is 0.552. The number of rotatable bonds is 18. The van der Waals surface area contributed by atoms with Gasteiger partial charge in [0.1, 0.15) is 14.2 Å². The minimum Gasteiger partial charge on any atom is -0.520 e. The summed E-state index contributed by atoms with van der Waals surface area (Å²) in [6.07, 6.45) is 14.9. The quantitative estimate of drug-likeness (QED) is 0.0570. The normalized spacial score (nSPS) is 22.1. The Morgan fingerprint density at radius 1 is 0.946 bits per heavy atom. The first-order chi connectivity index (χ1) is 17.4. The van der Waals surface area contributed by atoms with Crippen molar-refractivity contribution in [2.24, 2.45) is 22.1 Å². The molecule has 9 heteroatoms. The Morgan fingerprint density at radius 3 is 2.27 bits per heavy atom. The maximum absolute atomic E-state index is 12.0. The van der Waals surface area contributed by atoms with Crippen LogP contribution in [0, 0.1) is 11.8 Å². The third kappa shape index (κ3) is 14.9. The average molecular weight is 555 g/mol. The molecule has 0 unspecified atom stereocenters. The van der Waals surface area contributed by atoms with Gasteiger partial charge in [-0.3, -0.25) is 4.79 Å². The highest BCUT2D eigenvalue weighted by molar-refractivity contribution is 6.71. The number of hydrogen-bond acceptors (Lipinski definition) is 7. The van der Waals surface area contributed by atoms with Crippen molar-refractivity contribution in [2.45, 2.75) is 123 Å².